The number of carbonyl (C=O) groups is 1. The summed E-state index contributed by atoms with van der Waals surface area (Å²) in [5, 5.41) is 0. The first-order chi connectivity index (χ1) is 9.63. The van der Waals surface area contributed by atoms with Crippen molar-refractivity contribution in [3.8, 4) is 5.75 Å². The Morgan fingerprint density at radius 3 is 2.55 bits per heavy atom. The number of ether oxygens (including phenoxy) is 1. The van der Waals surface area contributed by atoms with Gasteiger partial charge in [0, 0.05) is 5.56 Å². The molecule has 0 aliphatic rings. The number of aryl methyl sites for hydroxylation is 1. The van der Waals surface area contributed by atoms with Gasteiger partial charge in [-0.1, -0.05) is 42.5 Å². The summed E-state index contributed by atoms with van der Waals surface area (Å²) >= 11 is 0. The Balaban J connectivity index is 2.34. The van der Waals surface area contributed by atoms with E-state index in [1.54, 1.807) is 43.3 Å². The highest BCUT2D eigenvalue weighted by Gasteiger charge is 2.23. The molecule has 1 amide bonds. The van der Waals surface area contributed by atoms with Gasteiger partial charge in [-0.3, -0.25) is 10.2 Å². The Hall–Kier alpha value is -2.40. The molecule has 2 rings (SSSR count). The van der Waals surface area contributed by atoms with E-state index in [4.69, 9.17) is 10.6 Å². The van der Waals surface area contributed by atoms with Gasteiger partial charge >= 0.3 is 0 Å². The summed E-state index contributed by atoms with van der Waals surface area (Å²) in [5.41, 5.74) is 3.07. The van der Waals surface area contributed by atoms with Crippen LogP contribution in [0.25, 0.3) is 0 Å². The van der Waals surface area contributed by atoms with Gasteiger partial charge < -0.3 is 4.74 Å². The van der Waals surface area contributed by atoms with Crippen LogP contribution < -0.4 is 16.0 Å². The maximum atomic E-state index is 14.0. The quantitative estimate of drug-likeness (QED) is 0.510. The molecule has 0 saturated carbocycles. The van der Waals surface area contributed by atoms with Crippen molar-refractivity contribution in [3.63, 3.8) is 0 Å². The van der Waals surface area contributed by atoms with Crippen LogP contribution in [0.1, 0.15) is 17.2 Å². The highest BCUT2D eigenvalue weighted by atomic mass is 19.1. The van der Waals surface area contributed by atoms with E-state index in [9.17, 15) is 9.18 Å². The van der Waals surface area contributed by atoms with Crippen LogP contribution in [0.5, 0.6) is 5.75 Å². The molecule has 0 radical (unpaired) electrons. The molecule has 0 bridgehead atoms. The lowest BCUT2D eigenvalue weighted by Gasteiger charge is -2.18. The molecule has 2 aromatic rings. The third-order valence-corrected chi connectivity index (χ3v) is 2.88. The number of benzene rings is 2. The minimum atomic E-state index is -1.00. The van der Waals surface area contributed by atoms with E-state index >= 15 is 0 Å². The van der Waals surface area contributed by atoms with E-state index in [-0.39, 0.29) is 5.75 Å². The molecule has 5 heteroatoms. The van der Waals surface area contributed by atoms with E-state index in [1.807, 2.05) is 11.5 Å². The Morgan fingerprint density at radius 2 is 1.90 bits per heavy atom. The third kappa shape index (κ3) is 2.95. The van der Waals surface area contributed by atoms with Crippen LogP contribution in [0.2, 0.25) is 0 Å². The van der Waals surface area contributed by atoms with Crippen molar-refractivity contribution in [1.82, 2.24) is 5.43 Å². The minimum Gasteiger partial charge on any atom is -0.473 e. The SMILES string of the molecule is Cc1cccc(OC(C(=O)NN)c2ccccc2)c1F. The summed E-state index contributed by atoms with van der Waals surface area (Å²) in [6.45, 7) is 1.63. The summed E-state index contributed by atoms with van der Waals surface area (Å²) < 4.78 is 19.5. The topological polar surface area (TPSA) is 64.3 Å². The Kier molecular flexibility index (Phi) is 4.32. The Labute approximate surface area is 116 Å². The first-order valence-corrected chi connectivity index (χ1v) is 6.10. The molecule has 0 fully saturated rings. The van der Waals surface area contributed by atoms with Crippen molar-refractivity contribution in [3.05, 3.63) is 65.5 Å². The smallest absolute Gasteiger partial charge is 0.279 e. The number of nitrogens with two attached hydrogens (primary N) is 1. The summed E-state index contributed by atoms with van der Waals surface area (Å²) in [6.07, 6.45) is -1.00. The molecule has 0 heterocycles. The van der Waals surface area contributed by atoms with Gasteiger partial charge in [0.05, 0.1) is 0 Å². The molecule has 0 saturated heterocycles. The van der Waals surface area contributed by atoms with Gasteiger partial charge in [-0.05, 0) is 18.6 Å². The van der Waals surface area contributed by atoms with Crippen LogP contribution in [0.3, 0.4) is 0 Å². The molecule has 0 spiro atoms. The van der Waals surface area contributed by atoms with E-state index in [1.165, 1.54) is 6.07 Å². The Bertz CT molecular complexity index is 602. The minimum absolute atomic E-state index is 0.0162. The molecule has 0 aromatic heterocycles. The maximum Gasteiger partial charge on any atom is 0.279 e. The second kappa shape index (κ2) is 6.16. The molecule has 1 unspecified atom stereocenters. The number of amides is 1. The number of nitrogens with one attached hydrogen (secondary N) is 1. The summed E-state index contributed by atoms with van der Waals surface area (Å²) in [6, 6.07) is 13.5. The number of carbonyl (C=O) groups excluding carboxylic acids is 1. The average molecular weight is 274 g/mol. The van der Waals surface area contributed by atoms with Gasteiger partial charge in [-0.15, -0.1) is 0 Å². The fourth-order valence-electron chi connectivity index (χ4n) is 1.81. The van der Waals surface area contributed by atoms with Crippen LogP contribution in [0.4, 0.5) is 4.39 Å². The lowest BCUT2D eigenvalue weighted by molar-refractivity contribution is -0.128. The van der Waals surface area contributed by atoms with Crippen LogP contribution >= 0.6 is 0 Å². The van der Waals surface area contributed by atoms with E-state index in [2.05, 4.69) is 0 Å². The first-order valence-electron chi connectivity index (χ1n) is 6.10. The predicted octanol–water partition coefficient (Wildman–Crippen LogP) is 2.24. The molecular formula is C15H15FN2O2. The van der Waals surface area contributed by atoms with Gasteiger partial charge in [0.1, 0.15) is 0 Å². The van der Waals surface area contributed by atoms with Crippen molar-refractivity contribution >= 4 is 5.91 Å². The van der Waals surface area contributed by atoms with Gasteiger partial charge in [-0.25, -0.2) is 10.2 Å². The van der Waals surface area contributed by atoms with Crippen LogP contribution in [-0.2, 0) is 4.79 Å². The van der Waals surface area contributed by atoms with Crippen molar-refractivity contribution in [2.45, 2.75) is 13.0 Å². The average Bonchev–Trinajstić information content (AvgIpc) is 2.49. The second-order valence-corrected chi connectivity index (χ2v) is 4.30. The monoisotopic (exact) mass is 274 g/mol. The largest absolute Gasteiger partial charge is 0.473 e. The normalized spacial score (nSPS) is 11.8. The fraction of sp³-hybridized carbons (Fsp3) is 0.133. The number of hydrogen-bond donors (Lipinski definition) is 2. The summed E-state index contributed by atoms with van der Waals surface area (Å²) in [5.74, 6) is 4.14. The molecule has 2 aromatic carbocycles. The first kappa shape index (κ1) is 14.0. The van der Waals surface area contributed by atoms with E-state index in [0.29, 0.717) is 11.1 Å². The summed E-state index contributed by atoms with van der Waals surface area (Å²) in [7, 11) is 0. The zero-order valence-corrected chi connectivity index (χ0v) is 11.0. The predicted molar refractivity (Wildman–Crippen MR) is 73.3 cm³/mol. The Morgan fingerprint density at radius 1 is 1.20 bits per heavy atom. The number of halogens is 1. The van der Waals surface area contributed by atoms with Gasteiger partial charge in [0.2, 0.25) is 6.10 Å². The number of rotatable bonds is 4. The zero-order chi connectivity index (χ0) is 14.5. The molecule has 0 aliphatic carbocycles. The molecule has 0 aliphatic heterocycles. The van der Waals surface area contributed by atoms with Crippen molar-refractivity contribution in [2.24, 2.45) is 5.84 Å². The van der Waals surface area contributed by atoms with E-state index < -0.39 is 17.8 Å². The third-order valence-electron chi connectivity index (χ3n) is 2.88. The maximum absolute atomic E-state index is 14.0. The van der Waals surface area contributed by atoms with E-state index in [0.717, 1.165) is 0 Å². The molecular weight excluding hydrogens is 259 g/mol. The summed E-state index contributed by atoms with van der Waals surface area (Å²) in [4.78, 5) is 11.8. The molecule has 1 atom stereocenters. The molecule has 3 N–H and O–H groups in total. The highest BCUT2D eigenvalue weighted by molar-refractivity contribution is 5.82. The van der Waals surface area contributed by atoms with Crippen LogP contribution in [0.15, 0.2) is 48.5 Å². The second-order valence-electron chi connectivity index (χ2n) is 4.30. The van der Waals surface area contributed by atoms with Crippen molar-refractivity contribution in [2.75, 3.05) is 0 Å². The fourth-order valence-corrected chi connectivity index (χ4v) is 1.81. The van der Waals surface area contributed by atoms with Gasteiger partial charge in [0.15, 0.2) is 11.6 Å². The van der Waals surface area contributed by atoms with Crippen LogP contribution in [-0.4, -0.2) is 5.91 Å². The van der Waals surface area contributed by atoms with Crippen molar-refractivity contribution in [1.29, 1.82) is 0 Å². The molecule has 104 valence electrons. The van der Waals surface area contributed by atoms with Crippen molar-refractivity contribution < 1.29 is 13.9 Å². The van der Waals surface area contributed by atoms with Crippen LogP contribution in [0, 0.1) is 12.7 Å². The lowest BCUT2D eigenvalue weighted by Crippen LogP contribution is -2.37. The number of hydrogen-bond acceptors (Lipinski definition) is 3. The standard InChI is InChI=1S/C15H15FN2O2/c1-10-6-5-9-12(13(10)16)20-14(15(19)18-17)11-7-3-2-4-8-11/h2-9,14H,17H2,1H3,(H,18,19). The zero-order valence-electron chi connectivity index (χ0n) is 11.0. The molecule has 4 nitrogen and oxygen atoms in total. The van der Waals surface area contributed by atoms with Gasteiger partial charge in [-0.2, -0.15) is 0 Å². The lowest BCUT2D eigenvalue weighted by atomic mass is 10.1. The highest BCUT2D eigenvalue weighted by Crippen LogP contribution is 2.26. The van der Waals surface area contributed by atoms with Gasteiger partial charge in [0.25, 0.3) is 5.91 Å². The molecule has 20 heavy (non-hydrogen) atoms. The number of hydrazine groups is 1.